The van der Waals surface area contributed by atoms with Crippen LogP contribution in [-0.4, -0.2) is 76.2 Å². The normalized spacial score (nSPS) is 18.9. The largest absolute Gasteiger partial charge is 0.472 e. The van der Waals surface area contributed by atoms with Crippen LogP contribution in [-0.2, 0) is 14.6 Å². The van der Waals surface area contributed by atoms with E-state index < -0.39 is 27.6 Å². The van der Waals surface area contributed by atoms with Gasteiger partial charge in [0.15, 0.2) is 9.84 Å². The molecule has 1 aromatic carbocycles. The van der Waals surface area contributed by atoms with Crippen molar-refractivity contribution in [2.24, 2.45) is 0 Å². The van der Waals surface area contributed by atoms with Gasteiger partial charge in [0.05, 0.1) is 29.6 Å². The Kier molecular flexibility index (Phi) is 6.26. The van der Waals surface area contributed by atoms with Crippen LogP contribution in [0.4, 0.5) is 4.79 Å². The highest BCUT2D eigenvalue weighted by molar-refractivity contribution is 7.90. The van der Waals surface area contributed by atoms with Crippen LogP contribution in [0, 0.1) is 0 Å². The molecule has 1 amide bonds. The average molecular weight is 489 g/mol. The van der Waals surface area contributed by atoms with Crippen molar-refractivity contribution < 1.29 is 27.8 Å². The minimum absolute atomic E-state index is 0.195. The first-order valence-corrected chi connectivity index (χ1v) is 12.7. The van der Waals surface area contributed by atoms with E-state index in [4.69, 9.17) is 9.47 Å². The lowest BCUT2D eigenvalue weighted by Gasteiger charge is -2.27. The highest BCUT2D eigenvalue weighted by Gasteiger charge is 2.38. The number of amides is 1. The van der Waals surface area contributed by atoms with Crippen LogP contribution in [0.1, 0.15) is 27.2 Å². The summed E-state index contributed by atoms with van der Waals surface area (Å²) in [6.07, 6.45) is 3.93. The van der Waals surface area contributed by atoms with Crippen molar-refractivity contribution >= 4 is 26.8 Å². The second-order valence-electron chi connectivity index (χ2n) is 9.34. The number of likely N-dealkylation sites (tertiary alicyclic amines) is 1. The van der Waals surface area contributed by atoms with Gasteiger partial charge in [0, 0.05) is 30.3 Å². The number of aliphatic hydroxyl groups is 1. The third-order valence-electron chi connectivity index (χ3n) is 5.47. The number of aliphatic hydroxyl groups excluding tert-OH is 1. The van der Waals surface area contributed by atoms with Crippen molar-refractivity contribution in [3.05, 3.63) is 42.9 Å². The van der Waals surface area contributed by atoms with Crippen LogP contribution in [0.5, 0.6) is 5.88 Å². The quantitative estimate of drug-likeness (QED) is 0.581. The third kappa shape index (κ3) is 5.15. The fourth-order valence-corrected chi connectivity index (χ4v) is 4.58. The number of hydrogen-bond acceptors (Lipinski definition) is 8. The Morgan fingerprint density at radius 1 is 1.21 bits per heavy atom. The number of aromatic nitrogens is 3. The lowest BCUT2D eigenvalue weighted by atomic mass is 10.2. The standard InChI is InChI=1S/C23H28N4O6S/c1-23(2,3)33-22(29)27-12-17(10-16(27)13-28)32-21-11-20(24-14-25-21)26-8-7-15-9-18(34(4,30)31)5-6-19(15)26/h5-9,11,14,16-17,28H,10,12-13H2,1-4H3. The van der Waals surface area contributed by atoms with Gasteiger partial charge in [-0.3, -0.25) is 4.90 Å². The number of sulfone groups is 1. The minimum Gasteiger partial charge on any atom is -0.472 e. The molecule has 0 spiro atoms. The smallest absolute Gasteiger partial charge is 0.410 e. The van der Waals surface area contributed by atoms with Crippen molar-refractivity contribution in [2.75, 3.05) is 19.4 Å². The molecule has 182 valence electrons. The van der Waals surface area contributed by atoms with Gasteiger partial charge in [-0.15, -0.1) is 0 Å². The molecule has 1 N–H and O–H groups in total. The fraction of sp³-hybridized carbons (Fsp3) is 0.435. The molecule has 1 fully saturated rings. The summed E-state index contributed by atoms with van der Waals surface area (Å²) < 4.78 is 37.0. The molecular weight excluding hydrogens is 460 g/mol. The number of ether oxygens (including phenoxy) is 2. The maximum atomic E-state index is 12.5. The Bertz CT molecular complexity index is 1310. The predicted octanol–water partition coefficient (Wildman–Crippen LogP) is 2.57. The zero-order valence-electron chi connectivity index (χ0n) is 19.5. The van der Waals surface area contributed by atoms with Crippen LogP contribution in [0.25, 0.3) is 16.7 Å². The van der Waals surface area contributed by atoms with Gasteiger partial charge in [-0.25, -0.2) is 23.2 Å². The second kappa shape index (κ2) is 8.88. The van der Waals surface area contributed by atoms with Crippen molar-refractivity contribution in [3.8, 4) is 11.7 Å². The van der Waals surface area contributed by atoms with Gasteiger partial charge in [-0.2, -0.15) is 0 Å². The lowest BCUT2D eigenvalue weighted by molar-refractivity contribution is 0.0165. The molecule has 2 atom stereocenters. The Hall–Kier alpha value is -3.18. The summed E-state index contributed by atoms with van der Waals surface area (Å²) in [5.41, 5.74) is 0.147. The van der Waals surface area contributed by atoms with Gasteiger partial charge in [0.2, 0.25) is 5.88 Å². The molecule has 0 aliphatic carbocycles. The third-order valence-corrected chi connectivity index (χ3v) is 6.58. The summed E-state index contributed by atoms with van der Waals surface area (Å²) in [5.74, 6) is 0.875. The molecule has 2 aromatic heterocycles. The summed E-state index contributed by atoms with van der Waals surface area (Å²) in [6, 6.07) is 8.00. The summed E-state index contributed by atoms with van der Waals surface area (Å²) in [4.78, 5) is 22.8. The Balaban J connectivity index is 1.53. The average Bonchev–Trinajstić information content (AvgIpc) is 3.35. The van der Waals surface area contributed by atoms with Crippen molar-refractivity contribution in [3.63, 3.8) is 0 Å². The highest BCUT2D eigenvalue weighted by atomic mass is 32.2. The predicted molar refractivity (Wildman–Crippen MR) is 125 cm³/mol. The summed E-state index contributed by atoms with van der Waals surface area (Å²) >= 11 is 0. The van der Waals surface area contributed by atoms with Crippen LogP contribution in [0.2, 0.25) is 0 Å². The molecule has 11 heteroatoms. The van der Waals surface area contributed by atoms with Gasteiger partial charge in [0.1, 0.15) is 23.9 Å². The molecule has 10 nitrogen and oxygen atoms in total. The number of nitrogens with zero attached hydrogens (tertiary/aromatic N) is 4. The number of fused-ring (bicyclic) bond motifs is 1. The molecule has 1 aliphatic heterocycles. The topological polar surface area (TPSA) is 124 Å². The van der Waals surface area contributed by atoms with Gasteiger partial charge < -0.3 is 19.1 Å². The monoisotopic (exact) mass is 488 g/mol. The maximum absolute atomic E-state index is 12.5. The van der Waals surface area contributed by atoms with Crippen LogP contribution in [0.15, 0.2) is 47.8 Å². The van der Waals surface area contributed by atoms with E-state index in [1.54, 1.807) is 51.2 Å². The van der Waals surface area contributed by atoms with Crippen molar-refractivity contribution in [2.45, 2.75) is 49.8 Å². The van der Waals surface area contributed by atoms with Gasteiger partial charge in [0.25, 0.3) is 0 Å². The first kappa shape index (κ1) is 24.0. The lowest BCUT2D eigenvalue weighted by Crippen LogP contribution is -2.41. The second-order valence-corrected chi connectivity index (χ2v) is 11.4. The number of benzene rings is 1. The van der Waals surface area contributed by atoms with E-state index in [0.717, 1.165) is 10.9 Å². The van der Waals surface area contributed by atoms with E-state index in [1.165, 1.54) is 17.5 Å². The van der Waals surface area contributed by atoms with Crippen LogP contribution in [0.3, 0.4) is 0 Å². The Morgan fingerprint density at radius 2 is 1.97 bits per heavy atom. The van der Waals surface area contributed by atoms with Gasteiger partial charge >= 0.3 is 6.09 Å². The van der Waals surface area contributed by atoms with Gasteiger partial charge in [-0.05, 0) is 45.0 Å². The van der Waals surface area contributed by atoms with E-state index in [0.29, 0.717) is 18.1 Å². The summed E-state index contributed by atoms with van der Waals surface area (Å²) in [6.45, 7) is 5.44. The van der Waals surface area contributed by atoms with Gasteiger partial charge in [-0.1, -0.05) is 0 Å². The number of hydrogen-bond donors (Lipinski definition) is 1. The molecule has 1 aliphatic rings. The highest BCUT2D eigenvalue weighted by Crippen LogP contribution is 2.27. The van der Waals surface area contributed by atoms with Crippen LogP contribution < -0.4 is 4.74 Å². The molecule has 2 unspecified atom stereocenters. The molecular formula is C23H28N4O6S. The number of carbonyl (C=O) groups is 1. The summed E-state index contributed by atoms with van der Waals surface area (Å²) in [5, 5.41) is 10.5. The Labute approximate surface area is 198 Å². The minimum atomic E-state index is -3.31. The molecule has 0 bridgehead atoms. The van der Waals surface area contributed by atoms with Crippen molar-refractivity contribution in [1.82, 2.24) is 19.4 Å². The first-order valence-electron chi connectivity index (χ1n) is 10.9. The molecule has 1 saturated heterocycles. The SMILES string of the molecule is CC(C)(C)OC(=O)N1CC(Oc2cc(-n3ccc4cc(S(C)(=O)=O)ccc43)ncn2)CC1CO. The van der Waals surface area contributed by atoms with E-state index in [-0.39, 0.29) is 24.2 Å². The molecule has 34 heavy (non-hydrogen) atoms. The van der Waals surface area contributed by atoms with E-state index in [1.807, 2.05) is 10.6 Å². The fourth-order valence-electron chi connectivity index (χ4n) is 3.92. The summed E-state index contributed by atoms with van der Waals surface area (Å²) in [7, 11) is -3.31. The number of carbonyl (C=O) groups excluding carboxylic acids is 1. The first-order chi connectivity index (χ1) is 15.9. The van der Waals surface area contributed by atoms with E-state index in [9.17, 15) is 18.3 Å². The molecule has 0 radical (unpaired) electrons. The maximum Gasteiger partial charge on any atom is 0.410 e. The number of rotatable bonds is 5. The molecule has 3 heterocycles. The Morgan fingerprint density at radius 3 is 2.65 bits per heavy atom. The zero-order chi connectivity index (χ0) is 24.7. The van der Waals surface area contributed by atoms with Crippen molar-refractivity contribution in [1.29, 1.82) is 0 Å². The van der Waals surface area contributed by atoms with Crippen LogP contribution >= 0.6 is 0 Å². The molecule has 4 rings (SSSR count). The van der Waals surface area contributed by atoms with E-state index in [2.05, 4.69) is 9.97 Å². The molecule has 0 saturated carbocycles. The zero-order valence-corrected chi connectivity index (χ0v) is 20.3. The molecule has 3 aromatic rings. The van der Waals surface area contributed by atoms with E-state index >= 15 is 0 Å².